The summed E-state index contributed by atoms with van der Waals surface area (Å²) in [6, 6.07) is 6.43. The lowest BCUT2D eigenvalue weighted by molar-refractivity contribution is -0.120. The van der Waals surface area contributed by atoms with Crippen LogP contribution in [0.25, 0.3) is 0 Å². The van der Waals surface area contributed by atoms with E-state index in [0.717, 1.165) is 6.42 Å². The molecule has 0 spiro atoms. The van der Waals surface area contributed by atoms with Crippen molar-refractivity contribution in [3.8, 4) is 0 Å². The first-order valence-electron chi connectivity index (χ1n) is 7.32. The summed E-state index contributed by atoms with van der Waals surface area (Å²) in [6.45, 7) is 5.95. The maximum absolute atomic E-state index is 12.4. The van der Waals surface area contributed by atoms with Gasteiger partial charge in [-0.25, -0.2) is 4.79 Å². The molecule has 1 atom stereocenters. The summed E-state index contributed by atoms with van der Waals surface area (Å²) in [7, 11) is 0. The van der Waals surface area contributed by atoms with Gasteiger partial charge < -0.3 is 10.1 Å². The van der Waals surface area contributed by atoms with Crippen molar-refractivity contribution in [2.45, 2.75) is 45.3 Å². The van der Waals surface area contributed by atoms with Crippen molar-refractivity contribution < 1.29 is 14.3 Å². The molecule has 1 heterocycles. The van der Waals surface area contributed by atoms with Gasteiger partial charge in [-0.3, -0.25) is 9.69 Å². The van der Waals surface area contributed by atoms with Crippen molar-refractivity contribution in [1.82, 2.24) is 4.90 Å². The molecule has 0 radical (unpaired) electrons. The van der Waals surface area contributed by atoms with Crippen LogP contribution < -0.4 is 5.32 Å². The van der Waals surface area contributed by atoms with E-state index in [4.69, 9.17) is 16.3 Å². The predicted octanol–water partition coefficient (Wildman–Crippen LogP) is 3.68. The van der Waals surface area contributed by atoms with Crippen LogP contribution in [0.1, 0.15) is 33.6 Å². The lowest BCUT2D eigenvalue weighted by Gasteiger charge is -2.28. The zero-order chi connectivity index (χ0) is 16.3. The Morgan fingerprint density at radius 1 is 1.36 bits per heavy atom. The number of rotatable bonds is 2. The zero-order valence-electron chi connectivity index (χ0n) is 13.1. The predicted molar refractivity (Wildman–Crippen MR) is 86.0 cm³/mol. The van der Waals surface area contributed by atoms with E-state index in [1.807, 2.05) is 20.8 Å². The van der Waals surface area contributed by atoms with Crippen LogP contribution in [-0.4, -0.2) is 35.1 Å². The number of nitrogens with zero attached hydrogens (tertiary/aromatic N) is 1. The number of halogens is 1. The molecule has 2 rings (SSSR count). The topological polar surface area (TPSA) is 58.6 Å². The van der Waals surface area contributed by atoms with Crippen molar-refractivity contribution in [1.29, 1.82) is 0 Å². The Labute approximate surface area is 135 Å². The van der Waals surface area contributed by atoms with Crippen LogP contribution in [0.4, 0.5) is 10.5 Å². The fourth-order valence-corrected chi connectivity index (χ4v) is 2.56. The second-order valence-corrected chi connectivity index (χ2v) is 6.77. The Morgan fingerprint density at radius 2 is 2.09 bits per heavy atom. The van der Waals surface area contributed by atoms with E-state index in [1.54, 1.807) is 24.3 Å². The highest BCUT2D eigenvalue weighted by atomic mass is 35.5. The molecule has 1 unspecified atom stereocenters. The maximum atomic E-state index is 12.4. The highest BCUT2D eigenvalue weighted by molar-refractivity contribution is 6.30. The summed E-state index contributed by atoms with van der Waals surface area (Å²) < 4.78 is 5.36. The van der Waals surface area contributed by atoms with Gasteiger partial charge in [-0.1, -0.05) is 17.7 Å². The van der Waals surface area contributed by atoms with Gasteiger partial charge in [0.1, 0.15) is 11.6 Å². The molecule has 1 saturated heterocycles. The number of benzene rings is 1. The minimum atomic E-state index is -0.576. The van der Waals surface area contributed by atoms with E-state index in [-0.39, 0.29) is 5.91 Å². The van der Waals surface area contributed by atoms with Crippen molar-refractivity contribution in [3.05, 3.63) is 29.3 Å². The van der Waals surface area contributed by atoms with Crippen molar-refractivity contribution in [2.24, 2.45) is 0 Å². The number of hydrogen-bond donors (Lipinski definition) is 1. The van der Waals surface area contributed by atoms with Crippen molar-refractivity contribution in [2.75, 3.05) is 11.9 Å². The normalized spacial score (nSPS) is 18.2. The number of ether oxygens (including phenoxy) is 1. The van der Waals surface area contributed by atoms with Crippen LogP contribution in [0.5, 0.6) is 0 Å². The fraction of sp³-hybridized carbons (Fsp3) is 0.500. The molecule has 120 valence electrons. The van der Waals surface area contributed by atoms with Gasteiger partial charge >= 0.3 is 6.09 Å². The molecule has 0 bridgehead atoms. The second kappa shape index (κ2) is 6.57. The van der Waals surface area contributed by atoms with Crippen LogP contribution in [0.3, 0.4) is 0 Å². The fourth-order valence-electron chi connectivity index (χ4n) is 2.37. The minimum absolute atomic E-state index is 0.217. The monoisotopic (exact) mass is 324 g/mol. The van der Waals surface area contributed by atoms with Crippen LogP contribution in [-0.2, 0) is 9.53 Å². The first-order chi connectivity index (χ1) is 10.3. The first kappa shape index (κ1) is 16.6. The highest BCUT2D eigenvalue weighted by Crippen LogP contribution is 2.23. The van der Waals surface area contributed by atoms with Crippen LogP contribution >= 0.6 is 11.6 Å². The molecule has 1 aromatic carbocycles. The third-order valence-corrected chi connectivity index (χ3v) is 3.51. The van der Waals surface area contributed by atoms with Crippen LogP contribution in [0, 0.1) is 0 Å². The second-order valence-electron chi connectivity index (χ2n) is 6.33. The van der Waals surface area contributed by atoms with Gasteiger partial charge in [0.2, 0.25) is 5.91 Å². The summed E-state index contributed by atoms with van der Waals surface area (Å²) in [5.41, 5.74) is 0.0433. The van der Waals surface area contributed by atoms with E-state index >= 15 is 0 Å². The summed E-state index contributed by atoms with van der Waals surface area (Å²) in [5, 5.41) is 3.35. The Bertz CT molecular complexity index is 569. The summed E-state index contributed by atoms with van der Waals surface area (Å²) in [5.74, 6) is -0.217. The molecule has 6 heteroatoms. The molecule has 1 N–H and O–H groups in total. The van der Waals surface area contributed by atoms with Gasteiger partial charge in [-0.15, -0.1) is 0 Å². The average Bonchev–Trinajstić information content (AvgIpc) is 2.85. The molecule has 5 nitrogen and oxygen atoms in total. The van der Waals surface area contributed by atoms with E-state index < -0.39 is 17.7 Å². The number of carbonyl (C=O) groups is 2. The third-order valence-electron chi connectivity index (χ3n) is 3.28. The Hall–Kier alpha value is -1.75. The van der Waals surface area contributed by atoms with Gasteiger partial charge in [0.25, 0.3) is 0 Å². The Morgan fingerprint density at radius 3 is 2.73 bits per heavy atom. The number of likely N-dealkylation sites (tertiary alicyclic amines) is 1. The summed E-state index contributed by atoms with van der Waals surface area (Å²) >= 11 is 5.90. The maximum Gasteiger partial charge on any atom is 0.410 e. The molecule has 2 amide bonds. The largest absolute Gasteiger partial charge is 0.444 e. The Kier molecular flexibility index (Phi) is 4.96. The molecule has 22 heavy (non-hydrogen) atoms. The number of carbonyl (C=O) groups excluding carboxylic acids is 2. The standard InChI is InChI=1S/C16H21ClN2O3/c1-16(2,3)22-15(21)19-9-5-8-13(19)14(20)18-12-7-4-6-11(17)10-12/h4,6-7,10,13H,5,8-9H2,1-3H3,(H,18,20). The minimum Gasteiger partial charge on any atom is -0.444 e. The summed E-state index contributed by atoms with van der Waals surface area (Å²) in [6.07, 6.45) is 0.967. The van der Waals surface area contributed by atoms with Gasteiger partial charge in [-0.05, 0) is 51.8 Å². The lowest BCUT2D eigenvalue weighted by Crippen LogP contribution is -2.45. The smallest absolute Gasteiger partial charge is 0.410 e. The number of hydrogen-bond acceptors (Lipinski definition) is 3. The van der Waals surface area contributed by atoms with Gasteiger partial charge in [0.15, 0.2) is 0 Å². The third kappa shape index (κ3) is 4.37. The van der Waals surface area contributed by atoms with E-state index in [2.05, 4.69) is 5.32 Å². The SMILES string of the molecule is CC(C)(C)OC(=O)N1CCCC1C(=O)Nc1cccc(Cl)c1. The molecule has 1 fully saturated rings. The lowest BCUT2D eigenvalue weighted by atomic mass is 10.2. The molecular formula is C16H21ClN2O3. The van der Waals surface area contributed by atoms with Crippen molar-refractivity contribution >= 4 is 29.3 Å². The van der Waals surface area contributed by atoms with Gasteiger partial charge in [0, 0.05) is 17.3 Å². The number of nitrogens with one attached hydrogen (secondary N) is 1. The van der Waals surface area contributed by atoms with Gasteiger partial charge in [0.05, 0.1) is 0 Å². The average molecular weight is 325 g/mol. The van der Waals surface area contributed by atoms with E-state index in [0.29, 0.717) is 23.7 Å². The van der Waals surface area contributed by atoms with Gasteiger partial charge in [-0.2, -0.15) is 0 Å². The molecule has 0 aliphatic carbocycles. The summed E-state index contributed by atoms with van der Waals surface area (Å²) in [4.78, 5) is 26.1. The highest BCUT2D eigenvalue weighted by Gasteiger charge is 2.36. The zero-order valence-corrected chi connectivity index (χ0v) is 13.8. The first-order valence-corrected chi connectivity index (χ1v) is 7.70. The van der Waals surface area contributed by atoms with E-state index in [9.17, 15) is 9.59 Å². The molecular weight excluding hydrogens is 304 g/mol. The van der Waals surface area contributed by atoms with E-state index in [1.165, 1.54) is 4.90 Å². The van der Waals surface area contributed by atoms with Crippen LogP contribution in [0.2, 0.25) is 5.02 Å². The quantitative estimate of drug-likeness (QED) is 0.902. The molecule has 0 saturated carbocycles. The molecule has 1 aliphatic heterocycles. The van der Waals surface area contributed by atoms with Crippen molar-refractivity contribution in [3.63, 3.8) is 0 Å². The number of anilines is 1. The van der Waals surface area contributed by atoms with Crippen LogP contribution in [0.15, 0.2) is 24.3 Å². The molecule has 1 aromatic rings. The Balaban J connectivity index is 2.03. The molecule has 0 aromatic heterocycles. The number of amides is 2. The molecule has 1 aliphatic rings.